The van der Waals surface area contributed by atoms with Crippen LogP contribution in [-0.2, 0) is 11.0 Å². The molecule has 1 aromatic carbocycles. The van der Waals surface area contributed by atoms with Crippen LogP contribution in [0.1, 0.15) is 62.9 Å². The Morgan fingerprint density at radius 2 is 1.62 bits per heavy atom. The Labute approximate surface area is 233 Å². The van der Waals surface area contributed by atoms with Crippen molar-refractivity contribution in [2.45, 2.75) is 65.2 Å². The van der Waals surface area contributed by atoms with E-state index < -0.39 is 17.8 Å². The summed E-state index contributed by atoms with van der Waals surface area (Å²) in [4.78, 5) is 37.1. The highest BCUT2D eigenvalue weighted by molar-refractivity contribution is 5.94. The minimum Gasteiger partial charge on any atom is -0.365 e. The average Bonchev–Trinajstić information content (AvgIpc) is 2.89. The number of alkyl halides is 3. The van der Waals surface area contributed by atoms with Gasteiger partial charge < -0.3 is 25.8 Å². The minimum absolute atomic E-state index is 0. The molecule has 1 saturated heterocycles. The van der Waals surface area contributed by atoms with E-state index in [2.05, 4.69) is 30.8 Å². The second kappa shape index (κ2) is 13.3. The Morgan fingerprint density at radius 1 is 1.00 bits per heavy atom. The van der Waals surface area contributed by atoms with E-state index in [0.717, 1.165) is 32.1 Å². The second-order valence-corrected chi connectivity index (χ2v) is 10.6. The van der Waals surface area contributed by atoms with Crippen LogP contribution in [0.15, 0.2) is 30.5 Å². The van der Waals surface area contributed by atoms with Gasteiger partial charge in [-0.15, -0.1) is 0 Å². The van der Waals surface area contributed by atoms with Gasteiger partial charge in [-0.2, -0.15) is 18.2 Å². The van der Waals surface area contributed by atoms with Gasteiger partial charge in [0.1, 0.15) is 11.4 Å². The number of carbonyl (C=O) groups excluding carboxylic acids is 2. The number of piperazine rings is 1. The zero-order chi connectivity index (χ0) is 28.2. The van der Waals surface area contributed by atoms with Crippen molar-refractivity contribution < 1.29 is 22.8 Å². The number of hydrogen-bond donors (Lipinski definition) is 3. The lowest BCUT2D eigenvalue weighted by Gasteiger charge is -2.34. The first-order valence-electron chi connectivity index (χ1n) is 13.4. The number of nitrogens with zero attached hydrogens (tertiary/aromatic N) is 4. The van der Waals surface area contributed by atoms with Crippen LogP contribution < -0.4 is 16.0 Å². The summed E-state index contributed by atoms with van der Waals surface area (Å²) in [5, 5.41) is 8.87. The number of likely N-dealkylation sites (N-methyl/N-ethyl adjacent to an activating group) is 1. The van der Waals surface area contributed by atoms with E-state index >= 15 is 0 Å². The summed E-state index contributed by atoms with van der Waals surface area (Å²) >= 11 is 0. The standard InChI is InChI=1S/C27H36F3N7O2.CH4/c1-17(2)24(38)34-22-7-5-4-6-21(22)33-23-20(27(28,29)30)16-31-26(35-23)32-19-10-8-18(9-11-19)25(39)37-14-12-36(3)13-15-37;/h8-11,16-17,21-22H,4-7,12-15H2,1-3H3,(H,34,38)(H2,31,32,33,35);1H4/t21-,22+;/m1./s1. The number of amides is 2. The molecule has 12 heteroatoms. The molecule has 3 N–H and O–H groups in total. The molecule has 40 heavy (non-hydrogen) atoms. The number of aromatic nitrogens is 2. The number of nitrogens with one attached hydrogen (secondary N) is 3. The van der Waals surface area contributed by atoms with Crippen LogP contribution >= 0.6 is 0 Å². The van der Waals surface area contributed by atoms with Crippen LogP contribution in [0.3, 0.4) is 0 Å². The van der Waals surface area contributed by atoms with E-state index in [-0.39, 0.29) is 43.0 Å². The van der Waals surface area contributed by atoms with Gasteiger partial charge >= 0.3 is 6.18 Å². The minimum atomic E-state index is -4.66. The van der Waals surface area contributed by atoms with Gasteiger partial charge in [0.25, 0.3) is 5.91 Å². The highest BCUT2D eigenvalue weighted by Crippen LogP contribution is 2.35. The molecule has 1 aromatic heterocycles. The maximum Gasteiger partial charge on any atom is 0.421 e. The summed E-state index contributed by atoms with van der Waals surface area (Å²) in [6.07, 6.45) is -0.895. The Hall–Kier alpha value is -3.41. The summed E-state index contributed by atoms with van der Waals surface area (Å²) in [7, 11) is 2.02. The first-order valence-corrected chi connectivity index (χ1v) is 13.4. The lowest BCUT2D eigenvalue weighted by atomic mass is 9.89. The molecule has 0 spiro atoms. The third-order valence-electron chi connectivity index (χ3n) is 7.21. The van der Waals surface area contributed by atoms with E-state index in [1.807, 2.05) is 11.9 Å². The zero-order valence-electron chi connectivity index (χ0n) is 22.5. The van der Waals surface area contributed by atoms with Crippen molar-refractivity contribution in [1.29, 1.82) is 0 Å². The molecule has 2 aliphatic rings. The molecule has 4 rings (SSSR count). The first kappa shape index (κ1) is 31.1. The molecule has 2 heterocycles. The molecule has 1 saturated carbocycles. The van der Waals surface area contributed by atoms with E-state index in [0.29, 0.717) is 37.2 Å². The van der Waals surface area contributed by atoms with Crippen LogP contribution in [-0.4, -0.2) is 76.9 Å². The molecule has 0 bridgehead atoms. The van der Waals surface area contributed by atoms with Crippen molar-refractivity contribution in [1.82, 2.24) is 25.1 Å². The van der Waals surface area contributed by atoms with Crippen LogP contribution in [0, 0.1) is 5.92 Å². The Kier molecular flexibility index (Phi) is 10.3. The first-order chi connectivity index (χ1) is 18.5. The summed E-state index contributed by atoms with van der Waals surface area (Å²) < 4.78 is 41.5. The average molecular weight is 564 g/mol. The fourth-order valence-electron chi connectivity index (χ4n) is 4.78. The van der Waals surface area contributed by atoms with Crippen molar-refractivity contribution in [3.05, 3.63) is 41.6 Å². The normalized spacial score (nSPS) is 20.0. The van der Waals surface area contributed by atoms with Crippen molar-refractivity contribution in [3.63, 3.8) is 0 Å². The molecule has 0 unspecified atom stereocenters. The fraction of sp³-hybridized carbons (Fsp3) is 0.571. The number of rotatable bonds is 7. The molecular weight excluding hydrogens is 523 g/mol. The molecule has 2 aromatic rings. The van der Waals surface area contributed by atoms with Crippen LogP contribution in [0.2, 0.25) is 0 Å². The van der Waals surface area contributed by atoms with Gasteiger partial charge in [-0.25, -0.2) is 4.98 Å². The third kappa shape index (κ3) is 7.83. The predicted octanol–water partition coefficient (Wildman–Crippen LogP) is 4.76. The molecule has 0 radical (unpaired) electrons. The Bertz CT molecular complexity index is 1150. The van der Waals surface area contributed by atoms with Crippen LogP contribution in [0.5, 0.6) is 0 Å². The van der Waals surface area contributed by atoms with Gasteiger partial charge in [-0.05, 0) is 44.2 Å². The van der Waals surface area contributed by atoms with Gasteiger partial charge in [0, 0.05) is 61.6 Å². The highest BCUT2D eigenvalue weighted by Gasteiger charge is 2.37. The SMILES string of the molecule is C.CC(C)C(=O)N[C@H]1CCCC[C@H]1Nc1nc(Nc2ccc(C(=O)N3CCN(C)CC3)cc2)ncc1C(F)(F)F. The summed E-state index contributed by atoms with van der Waals surface area (Å²) in [6.45, 7) is 6.51. The zero-order valence-corrected chi connectivity index (χ0v) is 22.5. The molecule has 220 valence electrons. The summed E-state index contributed by atoms with van der Waals surface area (Å²) in [6, 6.07) is 6.01. The lowest BCUT2D eigenvalue weighted by molar-refractivity contribution is -0.137. The number of anilines is 3. The van der Waals surface area contributed by atoms with E-state index in [1.165, 1.54) is 0 Å². The van der Waals surface area contributed by atoms with Gasteiger partial charge in [0.15, 0.2) is 0 Å². The number of halogens is 3. The van der Waals surface area contributed by atoms with Crippen LogP contribution in [0.4, 0.5) is 30.6 Å². The molecule has 2 atom stereocenters. The molecular formula is C28H40F3N7O2. The monoisotopic (exact) mass is 563 g/mol. The molecule has 1 aliphatic carbocycles. The predicted molar refractivity (Wildman–Crippen MR) is 150 cm³/mol. The van der Waals surface area contributed by atoms with E-state index in [4.69, 9.17) is 0 Å². The van der Waals surface area contributed by atoms with Crippen LogP contribution in [0.25, 0.3) is 0 Å². The number of carbonyl (C=O) groups is 2. The number of hydrogen-bond acceptors (Lipinski definition) is 7. The van der Waals surface area contributed by atoms with Gasteiger partial charge in [0.2, 0.25) is 11.9 Å². The van der Waals surface area contributed by atoms with Crippen molar-refractivity contribution >= 4 is 29.3 Å². The summed E-state index contributed by atoms with van der Waals surface area (Å²) in [5.41, 5.74) is 0.101. The maximum absolute atomic E-state index is 13.8. The Morgan fingerprint density at radius 3 is 2.23 bits per heavy atom. The molecule has 2 amide bonds. The quantitative estimate of drug-likeness (QED) is 0.447. The second-order valence-electron chi connectivity index (χ2n) is 10.6. The van der Waals surface area contributed by atoms with Gasteiger partial charge in [-0.3, -0.25) is 9.59 Å². The third-order valence-corrected chi connectivity index (χ3v) is 7.21. The Balaban J connectivity index is 0.00000441. The van der Waals surface area contributed by atoms with E-state index in [9.17, 15) is 22.8 Å². The molecule has 2 fully saturated rings. The van der Waals surface area contributed by atoms with Crippen molar-refractivity contribution in [2.24, 2.45) is 5.92 Å². The highest BCUT2D eigenvalue weighted by atomic mass is 19.4. The molecule has 9 nitrogen and oxygen atoms in total. The lowest BCUT2D eigenvalue weighted by Crippen LogP contribution is -2.49. The summed E-state index contributed by atoms with van der Waals surface area (Å²) in [5.74, 6) is -0.765. The van der Waals surface area contributed by atoms with Crippen molar-refractivity contribution in [3.8, 4) is 0 Å². The maximum atomic E-state index is 13.8. The van der Waals surface area contributed by atoms with Gasteiger partial charge in [0.05, 0.1) is 0 Å². The van der Waals surface area contributed by atoms with Crippen molar-refractivity contribution in [2.75, 3.05) is 43.9 Å². The smallest absolute Gasteiger partial charge is 0.365 e. The fourth-order valence-corrected chi connectivity index (χ4v) is 4.78. The van der Waals surface area contributed by atoms with E-state index in [1.54, 1.807) is 38.1 Å². The number of benzene rings is 1. The topological polar surface area (TPSA) is 102 Å². The molecule has 1 aliphatic heterocycles. The van der Waals surface area contributed by atoms with Gasteiger partial charge in [-0.1, -0.05) is 34.1 Å². The largest absolute Gasteiger partial charge is 0.421 e.